The highest BCUT2D eigenvalue weighted by molar-refractivity contribution is 9.10. The highest BCUT2D eigenvalue weighted by atomic mass is 79.9. The number of carbonyl (C=O) groups excluding carboxylic acids is 1. The van der Waals surface area contributed by atoms with Crippen LogP contribution >= 0.6 is 15.9 Å². The number of benzene rings is 2. The molecule has 1 aliphatic carbocycles. The van der Waals surface area contributed by atoms with Gasteiger partial charge in [0.2, 0.25) is 0 Å². The van der Waals surface area contributed by atoms with Crippen LogP contribution in [0.1, 0.15) is 45.9 Å². The molecule has 2 aromatic carbocycles. The van der Waals surface area contributed by atoms with E-state index < -0.39 is 0 Å². The van der Waals surface area contributed by atoms with E-state index in [1.165, 1.54) is 11.1 Å². The van der Waals surface area contributed by atoms with E-state index in [9.17, 15) is 4.79 Å². The second-order valence-electron chi connectivity index (χ2n) is 5.60. The lowest BCUT2D eigenvalue weighted by molar-refractivity contribution is 0.0932. The van der Waals surface area contributed by atoms with Crippen LogP contribution in [0.15, 0.2) is 46.9 Å². The predicted molar refractivity (Wildman–Crippen MR) is 88.5 cm³/mol. The first-order chi connectivity index (χ1) is 10.1. The Labute approximate surface area is 133 Å². The Hall–Kier alpha value is -1.61. The van der Waals surface area contributed by atoms with Gasteiger partial charge in [0.15, 0.2) is 0 Å². The third-order valence-electron chi connectivity index (χ3n) is 4.04. The highest BCUT2D eigenvalue weighted by Crippen LogP contribution is 2.30. The predicted octanol–water partition coefficient (Wildman–Crippen LogP) is 4.56. The lowest BCUT2D eigenvalue weighted by atomic mass is 9.87. The van der Waals surface area contributed by atoms with E-state index in [4.69, 9.17) is 0 Å². The van der Waals surface area contributed by atoms with Gasteiger partial charge in [-0.2, -0.15) is 0 Å². The topological polar surface area (TPSA) is 29.1 Å². The molecule has 0 fully saturated rings. The van der Waals surface area contributed by atoms with Gasteiger partial charge < -0.3 is 5.32 Å². The molecule has 3 rings (SSSR count). The number of carbonyl (C=O) groups is 1. The first-order valence-corrected chi connectivity index (χ1v) is 8.09. The SMILES string of the molecule is Cc1ccc(C(=O)NC2CCCc3ccccc32)c(Br)c1. The van der Waals surface area contributed by atoms with Crippen molar-refractivity contribution in [1.82, 2.24) is 5.32 Å². The number of nitrogens with one attached hydrogen (secondary N) is 1. The van der Waals surface area contributed by atoms with E-state index in [-0.39, 0.29) is 11.9 Å². The number of hydrogen-bond donors (Lipinski definition) is 1. The zero-order valence-electron chi connectivity index (χ0n) is 12.0. The van der Waals surface area contributed by atoms with Crippen molar-refractivity contribution >= 4 is 21.8 Å². The molecule has 0 radical (unpaired) electrons. The summed E-state index contributed by atoms with van der Waals surface area (Å²) >= 11 is 3.48. The minimum absolute atomic E-state index is 0.0106. The smallest absolute Gasteiger partial charge is 0.252 e. The molecule has 3 heteroatoms. The Bertz CT molecular complexity index is 681. The highest BCUT2D eigenvalue weighted by Gasteiger charge is 2.22. The van der Waals surface area contributed by atoms with Gasteiger partial charge in [-0.1, -0.05) is 30.3 Å². The van der Waals surface area contributed by atoms with Crippen molar-refractivity contribution in [1.29, 1.82) is 0 Å². The molecular weight excluding hydrogens is 326 g/mol. The van der Waals surface area contributed by atoms with Gasteiger partial charge in [-0.3, -0.25) is 4.79 Å². The average Bonchev–Trinajstić information content (AvgIpc) is 2.47. The van der Waals surface area contributed by atoms with Crippen molar-refractivity contribution in [3.8, 4) is 0 Å². The molecule has 1 amide bonds. The molecule has 0 spiro atoms. The first kappa shape index (κ1) is 14.3. The van der Waals surface area contributed by atoms with Crippen LogP contribution in [0, 0.1) is 6.92 Å². The number of fused-ring (bicyclic) bond motifs is 1. The molecule has 0 bridgehead atoms. The van der Waals surface area contributed by atoms with Crippen molar-refractivity contribution in [2.24, 2.45) is 0 Å². The van der Waals surface area contributed by atoms with E-state index >= 15 is 0 Å². The number of hydrogen-bond acceptors (Lipinski definition) is 1. The maximum atomic E-state index is 12.5. The number of halogens is 1. The van der Waals surface area contributed by atoms with Gasteiger partial charge in [0.05, 0.1) is 11.6 Å². The van der Waals surface area contributed by atoms with Crippen molar-refractivity contribution < 1.29 is 4.79 Å². The van der Waals surface area contributed by atoms with Gasteiger partial charge >= 0.3 is 0 Å². The van der Waals surface area contributed by atoms with Gasteiger partial charge in [-0.25, -0.2) is 0 Å². The van der Waals surface area contributed by atoms with Gasteiger partial charge in [0, 0.05) is 4.47 Å². The molecule has 1 aliphatic rings. The number of rotatable bonds is 2. The second-order valence-corrected chi connectivity index (χ2v) is 6.45. The van der Waals surface area contributed by atoms with Crippen LogP contribution in [0.5, 0.6) is 0 Å². The summed E-state index contributed by atoms with van der Waals surface area (Å²) in [6.45, 7) is 2.02. The molecular formula is C18H18BrNO. The normalized spacial score (nSPS) is 17.1. The van der Waals surface area contributed by atoms with Gasteiger partial charge in [0.1, 0.15) is 0 Å². The van der Waals surface area contributed by atoms with Crippen molar-refractivity contribution in [2.75, 3.05) is 0 Å². The Morgan fingerprint density at radius 3 is 2.86 bits per heavy atom. The molecule has 1 N–H and O–H groups in total. The maximum absolute atomic E-state index is 12.5. The quantitative estimate of drug-likeness (QED) is 0.850. The molecule has 2 aromatic rings. The molecule has 1 atom stereocenters. The third-order valence-corrected chi connectivity index (χ3v) is 4.70. The first-order valence-electron chi connectivity index (χ1n) is 7.30. The fourth-order valence-electron chi connectivity index (χ4n) is 2.94. The summed E-state index contributed by atoms with van der Waals surface area (Å²) in [5.74, 6) is -0.0106. The number of amides is 1. The summed E-state index contributed by atoms with van der Waals surface area (Å²) in [7, 11) is 0. The maximum Gasteiger partial charge on any atom is 0.252 e. The average molecular weight is 344 g/mol. The van der Waals surface area contributed by atoms with Crippen LogP contribution in [0.3, 0.4) is 0 Å². The van der Waals surface area contributed by atoms with Crippen LogP contribution in [-0.4, -0.2) is 5.91 Å². The molecule has 0 saturated carbocycles. The summed E-state index contributed by atoms with van der Waals surface area (Å²) in [5, 5.41) is 3.18. The summed E-state index contributed by atoms with van der Waals surface area (Å²) in [6, 6.07) is 14.3. The Balaban J connectivity index is 1.83. The van der Waals surface area contributed by atoms with Crippen LogP contribution in [-0.2, 0) is 6.42 Å². The minimum Gasteiger partial charge on any atom is -0.345 e. The molecule has 0 aromatic heterocycles. The van der Waals surface area contributed by atoms with Crippen LogP contribution in [0.25, 0.3) is 0 Å². The summed E-state index contributed by atoms with van der Waals surface area (Å²) < 4.78 is 0.851. The largest absolute Gasteiger partial charge is 0.345 e. The zero-order chi connectivity index (χ0) is 14.8. The molecule has 1 unspecified atom stereocenters. The molecule has 0 saturated heterocycles. The monoisotopic (exact) mass is 343 g/mol. The molecule has 0 aliphatic heterocycles. The summed E-state index contributed by atoms with van der Waals surface area (Å²) in [4.78, 5) is 12.5. The molecule has 108 valence electrons. The lowest BCUT2D eigenvalue weighted by Gasteiger charge is -2.26. The standard InChI is InChI=1S/C18H18BrNO/c1-12-9-10-15(16(19)11-12)18(21)20-17-8-4-6-13-5-2-3-7-14(13)17/h2-3,5,7,9-11,17H,4,6,8H2,1H3,(H,20,21). The van der Waals surface area contributed by atoms with Crippen LogP contribution < -0.4 is 5.32 Å². The van der Waals surface area contributed by atoms with E-state index in [1.807, 2.05) is 31.2 Å². The molecule has 0 heterocycles. The summed E-state index contributed by atoms with van der Waals surface area (Å²) in [5.41, 5.74) is 4.46. The molecule has 2 nitrogen and oxygen atoms in total. The second kappa shape index (κ2) is 6.02. The van der Waals surface area contributed by atoms with Crippen molar-refractivity contribution in [2.45, 2.75) is 32.2 Å². The van der Waals surface area contributed by atoms with Crippen LogP contribution in [0.2, 0.25) is 0 Å². The minimum atomic E-state index is -0.0106. The summed E-state index contributed by atoms with van der Waals surface area (Å²) in [6.07, 6.45) is 3.24. The van der Waals surface area contributed by atoms with Gasteiger partial charge in [0.25, 0.3) is 5.91 Å². The van der Waals surface area contributed by atoms with E-state index in [2.05, 4.69) is 39.4 Å². The Morgan fingerprint density at radius 2 is 2.05 bits per heavy atom. The molecule has 21 heavy (non-hydrogen) atoms. The van der Waals surface area contributed by atoms with E-state index in [0.717, 1.165) is 29.3 Å². The fraction of sp³-hybridized carbons (Fsp3) is 0.278. The fourth-order valence-corrected chi connectivity index (χ4v) is 3.62. The van der Waals surface area contributed by atoms with Gasteiger partial charge in [-0.05, 0) is 70.9 Å². The van der Waals surface area contributed by atoms with Crippen LogP contribution in [0.4, 0.5) is 0 Å². The van der Waals surface area contributed by atoms with Gasteiger partial charge in [-0.15, -0.1) is 0 Å². The zero-order valence-corrected chi connectivity index (χ0v) is 13.6. The van der Waals surface area contributed by atoms with Crippen molar-refractivity contribution in [3.05, 3.63) is 69.2 Å². The Kier molecular flexibility index (Phi) is 4.11. The lowest BCUT2D eigenvalue weighted by Crippen LogP contribution is -2.31. The number of aryl methyl sites for hydroxylation is 2. The third kappa shape index (κ3) is 3.03. The van der Waals surface area contributed by atoms with Crippen molar-refractivity contribution in [3.63, 3.8) is 0 Å². The van der Waals surface area contributed by atoms with E-state index in [1.54, 1.807) is 0 Å². The Morgan fingerprint density at radius 1 is 1.24 bits per heavy atom. The van der Waals surface area contributed by atoms with E-state index in [0.29, 0.717) is 5.56 Å².